The van der Waals surface area contributed by atoms with E-state index in [2.05, 4.69) is 14.8 Å². The molecule has 7 heteroatoms. The van der Waals surface area contributed by atoms with Crippen molar-refractivity contribution >= 4 is 10.0 Å². The molecule has 1 heterocycles. The second-order valence-corrected chi connectivity index (χ2v) is 4.45. The quantitative estimate of drug-likeness (QED) is 0.649. The highest BCUT2D eigenvalue weighted by Gasteiger charge is 2.16. The minimum Gasteiger partial charge on any atom is -0.332 e. The summed E-state index contributed by atoms with van der Waals surface area (Å²) in [6.45, 7) is 1.69. The Balaban J connectivity index is 2.95. The summed E-state index contributed by atoms with van der Waals surface area (Å²) in [4.78, 5) is 8.71. The minimum absolute atomic E-state index is 0.0682. The van der Waals surface area contributed by atoms with E-state index in [4.69, 9.17) is 0 Å². The SMILES string of the molecule is Cc1ncc(S(=O)(=O)NN(C)C)[nH]1. The van der Waals surface area contributed by atoms with Gasteiger partial charge in [-0.25, -0.2) is 18.4 Å². The zero-order valence-electron chi connectivity index (χ0n) is 7.70. The third-order valence-electron chi connectivity index (χ3n) is 1.27. The van der Waals surface area contributed by atoms with Gasteiger partial charge < -0.3 is 4.98 Å². The van der Waals surface area contributed by atoms with Gasteiger partial charge >= 0.3 is 0 Å². The second-order valence-electron chi connectivity index (χ2n) is 2.82. The summed E-state index contributed by atoms with van der Waals surface area (Å²) < 4.78 is 22.9. The fourth-order valence-corrected chi connectivity index (χ4v) is 1.88. The molecule has 0 saturated heterocycles. The highest BCUT2D eigenvalue weighted by molar-refractivity contribution is 7.89. The first-order chi connectivity index (χ1) is 5.92. The van der Waals surface area contributed by atoms with Gasteiger partial charge in [0.05, 0.1) is 6.20 Å². The highest BCUT2D eigenvalue weighted by Crippen LogP contribution is 2.03. The molecular weight excluding hydrogens is 192 g/mol. The van der Waals surface area contributed by atoms with E-state index < -0.39 is 10.0 Å². The molecule has 0 fully saturated rings. The van der Waals surface area contributed by atoms with Crippen molar-refractivity contribution in [2.24, 2.45) is 0 Å². The zero-order chi connectivity index (χ0) is 10.1. The molecule has 0 amide bonds. The summed E-state index contributed by atoms with van der Waals surface area (Å²) in [6.07, 6.45) is 1.28. The lowest BCUT2D eigenvalue weighted by atomic mass is 10.8. The van der Waals surface area contributed by atoms with Crippen molar-refractivity contribution in [3.05, 3.63) is 12.0 Å². The maximum absolute atomic E-state index is 11.4. The van der Waals surface area contributed by atoms with Crippen molar-refractivity contribution in [1.82, 2.24) is 19.8 Å². The first kappa shape index (κ1) is 10.2. The molecule has 1 aromatic heterocycles. The normalized spacial score (nSPS) is 12.3. The predicted octanol–water partition coefficient (Wildman–Crippen LogP) is -0.527. The number of hydrogen-bond acceptors (Lipinski definition) is 4. The van der Waals surface area contributed by atoms with Crippen LogP contribution in [0, 0.1) is 6.92 Å². The average molecular weight is 204 g/mol. The molecule has 0 aromatic carbocycles. The molecule has 1 aromatic rings. The van der Waals surface area contributed by atoms with Crippen LogP contribution in [0.1, 0.15) is 5.82 Å². The topological polar surface area (TPSA) is 78.1 Å². The number of imidazole rings is 1. The van der Waals surface area contributed by atoms with E-state index in [0.717, 1.165) is 0 Å². The number of nitrogens with one attached hydrogen (secondary N) is 2. The molecule has 13 heavy (non-hydrogen) atoms. The van der Waals surface area contributed by atoms with Gasteiger partial charge in [0.15, 0.2) is 5.03 Å². The van der Waals surface area contributed by atoms with E-state index in [-0.39, 0.29) is 5.03 Å². The van der Waals surface area contributed by atoms with E-state index in [1.54, 1.807) is 21.0 Å². The molecular formula is C6H12N4O2S. The lowest BCUT2D eigenvalue weighted by molar-refractivity contribution is 0.363. The summed E-state index contributed by atoms with van der Waals surface area (Å²) in [5, 5.41) is 1.42. The molecule has 0 unspecified atom stereocenters. The van der Waals surface area contributed by atoms with Crippen molar-refractivity contribution < 1.29 is 8.42 Å². The second kappa shape index (κ2) is 3.44. The van der Waals surface area contributed by atoms with Crippen molar-refractivity contribution in [1.29, 1.82) is 0 Å². The molecule has 74 valence electrons. The smallest absolute Gasteiger partial charge is 0.270 e. The third kappa shape index (κ3) is 2.51. The van der Waals surface area contributed by atoms with Crippen LogP contribution in [0.5, 0.6) is 0 Å². The highest BCUT2D eigenvalue weighted by atomic mass is 32.2. The molecule has 0 aliphatic heterocycles. The van der Waals surface area contributed by atoms with Gasteiger partial charge in [0.2, 0.25) is 0 Å². The number of nitrogens with zero attached hydrogens (tertiary/aromatic N) is 2. The molecule has 0 bridgehead atoms. The van der Waals surface area contributed by atoms with E-state index >= 15 is 0 Å². The first-order valence-electron chi connectivity index (χ1n) is 3.63. The van der Waals surface area contributed by atoms with Gasteiger partial charge in [-0.15, -0.1) is 4.83 Å². The van der Waals surface area contributed by atoms with Crippen molar-refractivity contribution in [3.63, 3.8) is 0 Å². The molecule has 1 rings (SSSR count). The number of sulfonamides is 1. The standard InChI is InChI=1S/C6H12N4O2S/c1-5-7-4-6(8-5)13(11,12)9-10(2)3/h4,9H,1-3H3,(H,7,8). The fourth-order valence-electron chi connectivity index (χ4n) is 0.824. The Kier molecular flexibility index (Phi) is 2.69. The average Bonchev–Trinajstić information content (AvgIpc) is 2.32. The summed E-state index contributed by atoms with van der Waals surface area (Å²) in [6, 6.07) is 0. The van der Waals surface area contributed by atoms with Crippen molar-refractivity contribution in [2.45, 2.75) is 11.9 Å². The summed E-state index contributed by atoms with van der Waals surface area (Å²) >= 11 is 0. The Bertz CT molecular complexity index is 381. The van der Waals surface area contributed by atoms with Gasteiger partial charge in [-0.2, -0.15) is 0 Å². The number of aryl methyl sites for hydroxylation is 1. The molecule has 0 aliphatic rings. The Labute approximate surface area is 77.0 Å². The summed E-state index contributed by atoms with van der Waals surface area (Å²) in [5.41, 5.74) is 0. The number of hydrazine groups is 1. The van der Waals surface area contributed by atoms with Gasteiger partial charge in [0, 0.05) is 14.1 Å². The van der Waals surface area contributed by atoms with Crippen LogP contribution in [0.15, 0.2) is 11.2 Å². The number of aromatic amines is 1. The molecule has 0 atom stereocenters. The van der Waals surface area contributed by atoms with Crippen molar-refractivity contribution in [3.8, 4) is 0 Å². The van der Waals surface area contributed by atoms with Crippen LogP contribution < -0.4 is 4.83 Å². The molecule has 0 radical (unpaired) electrons. The van der Waals surface area contributed by atoms with Crippen molar-refractivity contribution in [2.75, 3.05) is 14.1 Å². The van der Waals surface area contributed by atoms with Gasteiger partial charge in [0.1, 0.15) is 5.82 Å². The van der Waals surface area contributed by atoms with E-state index in [9.17, 15) is 8.42 Å². The number of rotatable bonds is 3. The van der Waals surface area contributed by atoms with Crippen LogP contribution in [0.2, 0.25) is 0 Å². The van der Waals surface area contributed by atoms with Crippen LogP contribution >= 0.6 is 0 Å². The summed E-state index contributed by atoms with van der Waals surface area (Å²) in [5.74, 6) is 0.569. The van der Waals surface area contributed by atoms with E-state index in [1.807, 2.05) is 0 Å². The van der Waals surface area contributed by atoms with Crippen LogP contribution in [-0.4, -0.2) is 37.5 Å². The molecule has 6 nitrogen and oxygen atoms in total. The van der Waals surface area contributed by atoms with E-state index in [0.29, 0.717) is 5.82 Å². The maximum atomic E-state index is 11.4. The molecule has 0 aliphatic carbocycles. The largest absolute Gasteiger partial charge is 0.332 e. The van der Waals surface area contributed by atoms with Gasteiger partial charge in [-0.05, 0) is 6.92 Å². The molecule has 0 saturated carbocycles. The Hall–Kier alpha value is -0.920. The summed E-state index contributed by atoms with van der Waals surface area (Å²) in [7, 11) is -0.285. The fraction of sp³-hybridized carbons (Fsp3) is 0.500. The lowest BCUT2D eigenvalue weighted by Crippen LogP contribution is -2.36. The Morgan fingerprint density at radius 1 is 1.54 bits per heavy atom. The Morgan fingerprint density at radius 3 is 2.54 bits per heavy atom. The molecule has 0 spiro atoms. The van der Waals surface area contributed by atoms with Crippen LogP contribution in [-0.2, 0) is 10.0 Å². The minimum atomic E-state index is -3.48. The van der Waals surface area contributed by atoms with E-state index in [1.165, 1.54) is 11.2 Å². The van der Waals surface area contributed by atoms with Gasteiger partial charge in [0.25, 0.3) is 10.0 Å². The number of hydrogen-bond donors (Lipinski definition) is 2. The first-order valence-corrected chi connectivity index (χ1v) is 5.11. The van der Waals surface area contributed by atoms with Gasteiger partial charge in [-0.1, -0.05) is 0 Å². The van der Waals surface area contributed by atoms with Crippen LogP contribution in [0.3, 0.4) is 0 Å². The van der Waals surface area contributed by atoms with Crippen LogP contribution in [0.4, 0.5) is 0 Å². The monoisotopic (exact) mass is 204 g/mol. The van der Waals surface area contributed by atoms with Crippen LogP contribution in [0.25, 0.3) is 0 Å². The number of H-pyrrole nitrogens is 1. The number of aromatic nitrogens is 2. The van der Waals surface area contributed by atoms with Gasteiger partial charge in [-0.3, -0.25) is 0 Å². The predicted molar refractivity (Wildman–Crippen MR) is 47.3 cm³/mol. The zero-order valence-corrected chi connectivity index (χ0v) is 8.51. The maximum Gasteiger partial charge on any atom is 0.270 e. The molecule has 2 N–H and O–H groups in total. The lowest BCUT2D eigenvalue weighted by Gasteiger charge is -2.10. The Morgan fingerprint density at radius 2 is 2.15 bits per heavy atom. The third-order valence-corrected chi connectivity index (χ3v) is 2.66.